The second-order valence-corrected chi connectivity index (χ2v) is 8.23. The van der Waals surface area contributed by atoms with Crippen LogP contribution in [0.15, 0.2) is 30.3 Å². The van der Waals surface area contributed by atoms with Crippen LogP contribution in [0.1, 0.15) is 51.1 Å². The summed E-state index contributed by atoms with van der Waals surface area (Å²) in [6.07, 6.45) is 5.93. The molecule has 0 spiro atoms. The zero-order valence-electron chi connectivity index (χ0n) is 13.4. The van der Waals surface area contributed by atoms with Crippen LogP contribution in [-0.4, -0.2) is 30.1 Å². The van der Waals surface area contributed by atoms with Crippen LogP contribution in [-0.2, 0) is 0 Å². The van der Waals surface area contributed by atoms with Crippen molar-refractivity contribution in [3.05, 3.63) is 35.9 Å². The Morgan fingerprint density at radius 2 is 1.86 bits per heavy atom. The minimum absolute atomic E-state index is 0.241. The number of nitrogens with one attached hydrogen (secondary N) is 1. The van der Waals surface area contributed by atoms with Gasteiger partial charge in [-0.1, -0.05) is 30.3 Å². The summed E-state index contributed by atoms with van der Waals surface area (Å²) in [4.78, 5) is 2.79. The third-order valence-electron chi connectivity index (χ3n) is 5.85. The van der Waals surface area contributed by atoms with Gasteiger partial charge in [0.2, 0.25) is 0 Å². The van der Waals surface area contributed by atoms with Gasteiger partial charge < -0.3 is 5.32 Å². The van der Waals surface area contributed by atoms with Crippen LogP contribution in [0.25, 0.3) is 0 Å². The fourth-order valence-electron chi connectivity index (χ4n) is 4.30. The van der Waals surface area contributed by atoms with Crippen LogP contribution in [0.3, 0.4) is 0 Å². The molecule has 1 saturated heterocycles. The fraction of sp³-hybridized carbons (Fsp3) is 0.684. The smallest absolute Gasteiger partial charge is 0.0473 e. The first-order chi connectivity index (χ1) is 10.1. The topological polar surface area (TPSA) is 15.3 Å². The third-order valence-corrected chi connectivity index (χ3v) is 5.85. The van der Waals surface area contributed by atoms with Crippen molar-refractivity contribution in [2.45, 2.75) is 51.1 Å². The molecule has 1 aliphatic heterocycles. The van der Waals surface area contributed by atoms with E-state index >= 15 is 0 Å². The van der Waals surface area contributed by atoms with Gasteiger partial charge in [-0.15, -0.1) is 0 Å². The van der Waals surface area contributed by atoms with Crippen molar-refractivity contribution in [3.63, 3.8) is 0 Å². The number of hydrogen-bond donors (Lipinski definition) is 1. The summed E-state index contributed by atoms with van der Waals surface area (Å²) < 4.78 is 0. The lowest BCUT2D eigenvalue weighted by atomic mass is 9.91. The molecule has 2 saturated carbocycles. The first kappa shape index (κ1) is 13.8. The molecule has 1 atom stereocenters. The van der Waals surface area contributed by atoms with E-state index < -0.39 is 0 Å². The van der Waals surface area contributed by atoms with Gasteiger partial charge in [-0.2, -0.15) is 0 Å². The zero-order valence-corrected chi connectivity index (χ0v) is 13.4. The fourth-order valence-corrected chi connectivity index (χ4v) is 4.30. The van der Waals surface area contributed by atoms with Gasteiger partial charge in [-0.25, -0.2) is 0 Å². The molecule has 1 unspecified atom stereocenters. The van der Waals surface area contributed by atoms with Crippen molar-refractivity contribution in [1.29, 1.82) is 0 Å². The van der Waals surface area contributed by atoms with Crippen molar-refractivity contribution >= 4 is 0 Å². The summed E-state index contributed by atoms with van der Waals surface area (Å²) >= 11 is 0. The van der Waals surface area contributed by atoms with Gasteiger partial charge in [0.1, 0.15) is 0 Å². The molecule has 1 aromatic carbocycles. The predicted molar refractivity (Wildman–Crippen MR) is 87.2 cm³/mol. The summed E-state index contributed by atoms with van der Waals surface area (Å²) in [7, 11) is 0. The summed E-state index contributed by atoms with van der Waals surface area (Å²) in [5, 5.41) is 3.75. The number of piperazine rings is 1. The van der Waals surface area contributed by atoms with E-state index in [1.807, 2.05) is 0 Å². The molecule has 2 aliphatic carbocycles. The van der Waals surface area contributed by atoms with Crippen LogP contribution in [0.5, 0.6) is 0 Å². The monoisotopic (exact) mass is 284 g/mol. The van der Waals surface area contributed by atoms with Gasteiger partial charge in [0, 0.05) is 31.2 Å². The van der Waals surface area contributed by atoms with Gasteiger partial charge in [-0.3, -0.25) is 4.90 Å². The van der Waals surface area contributed by atoms with Gasteiger partial charge in [0.25, 0.3) is 0 Å². The Labute approximate surface area is 128 Å². The largest absolute Gasteiger partial charge is 0.309 e. The molecule has 4 rings (SSSR count). The quantitative estimate of drug-likeness (QED) is 0.909. The molecule has 0 amide bonds. The van der Waals surface area contributed by atoms with Gasteiger partial charge in [0.15, 0.2) is 0 Å². The Morgan fingerprint density at radius 1 is 1.14 bits per heavy atom. The van der Waals surface area contributed by atoms with E-state index in [1.165, 1.54) is 44.3 Å². The van der Waals surface area contributed by atoms with E-state index in [2.05, 4.69) is 54.4 Å². The highest BCUT2D eigenvalue weighted by molar-refractivity contribution is 5.21. The maximum absolute atomic E-state index is 3.75. The molecule has 2 nitrogen and oxygen atoms in total. The molecule has 1 heterocycles. The molecule has 3 fully saturated rings. The molecule has 1 aromatic rings. The van der Waals surface area contributed by atoms with E-state index in [0.717, 1.165) is 12.5 Å². The molecule has 0 radical (unpaired) electrons. The van der Waals surface area contributed by atoms with Crippen molar-refractivity contribution < 1.29 is 0 Å². The van der Waals surface area contributed by atoms with E-state index in [0.29, 0.717) is 11.5 Å². The van der Waals surface area contributed by atoms with Crippen LogP contribution < -0.4 is 5.32 Å². The summed E-state index contributed by atoms with van der Waals surface area (Å²) in [5.74, 6) is 1.05. The van der Waals surface area contributed by atoms with Crippen LogP contribution >= 0.6 is 0 Å². The Bertz CT molecular complexity index is 500. The van der Waals surface area contributed by atoms with Crippen molar-refractivity contribution in [1.82, 2.24) is 10.2 Å². The maximum Gasteiger partial charge on any atom is 0.0473 e. The van der Waals surface area contributed by atoms with E-state index in [-0.39, 0.29) is 5.54 Å². The molecular formula is C19H28N2. The lowest BCUT2D eigenvalue weighted by molar-refractivity contribution is 0.0691. The second-order valence-electron chi connectivity index (χ2n) is 8.23. The Morgan fingerprint density at radius 3 is 2.48 bits per heavy atom. The van der Waals surface area contributed by atoms with Gasteiger partial charge in [0.05, 0.1) is 0 Å². The van der Waals surface area contributed by atoms with E-state index in [9.17, 15) is 0 Å². The van der Waals surface area contributed by atoms with E-state index in [4.69, 9.17) is 0 Å². The highest BCUT2D eigenvalue weighted by Gasteiger charge is 2.55. The number of nitrogens with zero attached hydrogens (tertiary/aromatic N) is 1. The van der Waals surface area contributed by atoms with Crippen LogP contribution in [0.2, 0.25) is 0 Å². The van der Waals surface area contributed by atoms with Crippen molar-refractivity contribution in [2.24, 2.45) is 11.3 Å². The standard InChI is InChI=1S/C19H28N2/c1-18(2)13-21(14-19(10-11-19)16-8-9-16)17(12-20-18)15-6-4-3-5-7-15/h3-7,16-17,20H,8-14H2,1-2H3. The molecule has 2 heteroatoms. The van der Waals surface area contributed by atoms with Crippen molar-refractivity contribution in [3.8, 4) is 0 Å². The van der Waals surface area contributed by atoms with E-state index in [1.54, 1.807) is 0 Å². The summed E-state index contributed by atoms with van der Waals surface area (Å²) in [6.45, 7) is 8.26. The third kappa shape index (κ3) is 2.76. The predicted octanol–water partition coefficient (Wildman–Crippen LogP) is 3.60. The normalized spacial score (nSPS) is 31.0. The minimum Gasteiger partial charge on any atom is -0.309 e. The van der Waals surface area contributed by atoms with Crippen LogP contribution in [0.4, 0.5) is 0 Å². The summed E-state index contributed by atoms with van der Waals surface area (Å²) in [5.41, 5.74) is 2.41. The summed E-state index contributed by atoms with van der Waals surface area (Å²) in [6, 6.07) is 11.6. The molecule has 0 bridgehead atoms. The molecule has 1 N–H and O–H groups in total. The second kappa shape index (κ2) is 4.82. The van der Waals surface area contributed by atoms with Gasteiger partial charge >= 0.3 is 0 Å². The highest BCUT2D eigenvalue weighted by atomic mass is 15.3. The Hall–Kier alpha value is -0.860. The minimum atomic E-state index is 0.241. The molecule has 0 aromatic heterocycles. The zero-order chi connectivity index (χ0) is 14.5. The lowest BCUT2D eigenvalue weighted by Crippen LogP contribution is -2.59. The number of benzene rings is 1. The molecule has 114 valence electrons. The van der Waals surface area contributed by atoms with Crippen molar-refractivity contribution in [2.75, 3.05) is 19.6 Å². The Kier molecular flexibility index (Phi) is 3.16. The number of hydrogen-bond acceptors (Lipinski definition) is 2. The average Bonchev–Trinajstić information content (AvgIpc) is 3.33. The van der Waals surface area contributed by atoms with Gasteiger partial charge in [-0.05, 0) is 56.4 Å². The first-order valence-corrected chi connectivity index (χ1v) is 8.62. The SMILES string of the molecule is CC1(C)CN(CC2(C3CC3)CC2)C(c2ccccc2)CN1. The average molecular weight is 284 g/mol. The molecular weight excluding hydrogens is 256 g/mol. The first-order valence-electron chi connectivity index (χ1n) is 8.62. The highest BCUT2D eigenvalue weighted by Crippen LogP contribution is 2.62. The maximum atomic E-state index is 3.75. The molecule has 21 heavy (non-hydrogen) atoms. The van der Waals surface area contributed by atoms with Crippen LogP contribution in [0, 0.1) is 11.3 Å². The Balaban J connectivity index is 1.56. The molecule has 3 aliphatic rings. The lowest BCUT2D eigenvalue weighted by Gasteiger charge is -2.46. The number of rotatable bonds is 4.